The Morgan fingerprint density at radius 1 is 1.00 bits per heavy atom. The molecule has 18 heavy (non-hydrogen) atoms. The summed E-state index contributed by atoms with van der Waals surface area (Å²) >= 11 is 0. The van der Waals surface area contributed by atoms with Gasteiger partial charge in [-0.05, 0) is 0 Å². The average molecular weight is 330 g/mol. The molecular weight excluding hydrogens is 314 g/mol. The molecule has 0 aromatic rings. The standard InChI is InChI=1S/C5H16O10P2S/c1-13-2-4-18(11,12)5-3-14-17(9,10)15-16(6,7)8/h6-10H,2-5H2,1H3/q+2. The zero-order chi connectivity index (χ0) is 14.4. The highest BCUT2D eigenvalue weighted by Crippen LogP contribution is 2.67. The van der Waals surface area contributed by atoms with Crippen LogP contribution in [0.15, 0.2) is 0 Å². The molecule has 0 fully saturated rings. The summed E-state index contributed by atoms with van der Waals surface area (Å²) in [6, 6.07) is 0. The molecule has 0 aliphatic heterocycles. The summed E-state index contributed by atoms with van der Waals surface area (Å²) in [4.78, 5) is 43.2. The normalized spacial score (nSPS) is 13.9. The highest BCUT2D eigenvalue weighted by atomic mass is 32.2. The summed E-state index contributed by atoms with van der Waals surface area (Å²) in [6.07, 6.45) is 0. The number of methoxy groups -OCH3 is 1. The molecule has 0 amide bonds. The van der Waals surface area contributed by atoms with E-state index in [0.29, 0.717) is 0 Å². The predicted molar refractivity (Wildman–Crippen MR) is 62.5 cm³/mol. The van der Waals surface area contributed by atoms with Gasteiger partial charge in [0.05, 0.1) is 22.4 Å². The van der Waals surface area contributed by atoms with Gasteiger partial charge in [0.2, 0.25) is 0 Å². The van der Waals surface area contributed by atoms with Gasteiger partial charge in [-0.25, -0.2) is 8.42 Å². The molecule has 0 spiro atoms. The van der Waals surface area contributed by atoms with Crippen molar-refractivity contribution in [3.8, 4) is 0 Å². The maximum Gasteiger partial charge on any atom is 0.620 e. The lowest BCUT2D eigenvalue weighted by atomic mass is 10.9. The van der Waals surface area contributed by atoms with Crippen LogP contribution < -0.4 is 0 Å². The first-order valence-electron chi connectivity index (χ1n) is 4.44. The van der Waals surface area contributed by atoms with E-state index in [0.717, 1.165) is 0 Å². The Labute approximate surface area is 105 Å². The number of sulfone groups is 1. The first kappa shape index (κ1) is 18.5. The highest BCUT2D eigenvalue weighted by Gasteiger charge is 2.58. The number of ether oxygens (including phenoxy) is 1. The maximum atomic E-state index is 11.3. The van der Waals surface area contributed by atoms with Crippen molar-refractivity contribution in [1.29, 1.82) is 0 Å². The largest absolute Gasteiger partial charge is 0.620 e. The van der Waals surface area contributed by atoms with E-state index in [9.17, 15) is 8.42 Å². The molecule has 0 aromatic carbocycles. The quantitative estimate of drug-likeness (QED) is 0.311. The van der Waals surface area contributed by atoms with E-state index in [-0.39, 0.29) is 12.4 Å². The Kier molecular flexibility index (Phi) is 7.52. The molecule has 0 aliphatic carbocycles. The van der Waals surface area contributed by atoms with Crippen molar-refractivity contribution in [3.05, 3.63) is 0 Å². The second-order valence-electron chi connectivity index (χ2n) is 3.06. The average Bonchev–Trinajstić information content (AvgIpc) is 2.10. The topological polar surface area (TPSA) is 163 Å². The SMILES string of the molecule is COCCS(=O)(=O)CCO[P+](O)(O)O[P+](O)(O)O. The third-order valence-corrected chi connectivity index (χ3v) is 5.29. The molecule has 0 aliphatic rings. The van der Waals surface area contributed by atoms with Crippen LogP contribution >= 0.6 is 16.3 Å². The minimum absolute atomic E-state index is 0.0179. The van der Waals surface area contributed by atoms with Gasteiger partial charge in [-0.1, -0.05) is 0 Å². The molecule has 0 saturated heterocycles. The fraction of sp³-hybridized carbons (Fsp3) is 1.00. The smallest absolute Gasteiger partial charge is 0.384 e. The van der Waals surface area contributed by atoms with Crippen molar-refractivity contribution in [2.24, 2.45) is 0 Å². The zero-order valence-electron chi connectivity index (χ0n) is 9.41. The van der Waals surface area contributed by atoms with Crippen LogP contribution in [0.3, 0.4) is 0 Å². The molecule has 0 unspecified atom stereocenters. The van der Waals surface area contributed by atoms with Crippen LogP contribution in [0.25, 0.3) is 0 Å². The van der Waals surface area contributed by atoms with E-state index in [2.05, 4.69) is 13.6 Å². The van der Waals surface area contributed by atoms with Crippen molar-refractivity contribution in [3.63, 3.8) is 0 Å². The first-order valence-corrected chi connectivity index (χ1v) is 9.36. The van der Waals surface area contributed by atoms with Crippen LogP contribution in [0, 0.1) is 0 Å². The fourth-order valence-corrected chi connectivity index (χ4v) is 3.51. The lowest BCUT2D eigenvalue weighted by molar-refractivity contribution is 0.139. The number of hydrogen-bond donors (Lipinski definition) is 5. The summed E-state index contributed by atoms with van der Waals surface area (Å²) in [5.41, 5.74) is 0. The Morgan fingerprint density at radius 3 is 1.94 bits per heavy atom. The first-order chi connectivity index (χ1) is 7.97. The number of hydrogen-bond acceptors (Lipinski definition) is 10. The van der Waals surface area contributed by atoms with Crippen LogP contribution in [-0.4, -0.2) is 64.7 Å². The summed E-state index contributed by atoms with van der Waals surface area (Å²) in [5.74, 6) is -0.816. The van der Waals surface area contributed by atoms with Gasteiger partial charge < -0.3 is 4.74 Å². The van der Waals surface area contributed by atoms with Gasteiger partial charge in [0.15, 0.2) is 9.84 Å². The van der Waals surface area contributed by atoms with Crippen molar-refractivity contribution in [1.82, 2.24) is 0 Å². The lowest BCUT2D eigenvalue weighted by Crippen LogP contribution is -2.19. The molecule has 13 heteroatoms. The molecule has 110 valence electrons. The van der Waals surface area contributed by atoms with Crippen molar-refractivity contribution >= 4 is 26.2 Å². The van der Waals surface area contributed by atoms with Gasteiger partial charge in [0, 0.05) is 7.11 Å². The lowest BCUT2D eigenvalue weighted by Gasteiger charge is -2.07. The van der Waals surface area contributed by atoms with Gasteiger partial charge >= 0.3 is 16.3 Å². The van der Waals surface area contributed by atoms with Gasteiger partial charge in [0.25, 0.3) is 0 Å². The third kappa shape index (κ3) is 10.4. The Balaban J connectivity index is 4.10. The fourth-order valence-electron chi connectivity index (χ4n) is 0.762. The molecule has 10 nitrogen and oxygen atoms in total. The molecule has 0 bridgehead atoms. The highest BCUT2D eigenvalue weighted by molar-refractivity contribution is 7.91. The van der Waals surface area contributed by atoms with Crippen molar-refractivity contribution in [2.75, 3.05) is 31.8 Å². The summed E-state index contributed by atoms with van der Waals surface area (Å²) in [6.45, 7) is -0.664. The van der Waals surface area contributed by atoms with Crippen LogP contribution in [-0.2, 0) is 23.4 Å². The maximum absolute atomic E-state index is 11.3. The molecule has 0 rings (SSSR count). The van der Waals surface area contributed by atoms with E-state index >= 15 is 0 Å². The minimum Gasteiger partial charge on any atom is -0.384 e. The van der Waals surface area contributed by atoms with Gasteiger partial charge in [-0.15, -0.1) is 4.52 Å². The Bertz CT molecular complexity index is 335. The van der Waals surface area contributed by atoms with E-state index in [1.807, 2.05) is 0 Å². The summed E-state index contributed by atoms with van der Waals surface area (Å²) < 4.78 is 35.0. The minimum atomic E-state index is -4.88. The van der Waals surface area contributed by atoms with Crippen LogP contribution in [0.5, 0.6) is 0 Å². The Hall–Kier alpha value is 0.490. The molecule has 0 aromatic heterocycles. The van der Waals surface area contributed by atoms with Gasteiger partial charge in [-0.2, -0.15) is 24.5 Å². The second kappa shape index (κ2) is 7.32. The molecular formula is C5H16O10P2S+2. The monoisotopic (exact) mass is 330 g/mol. The molecule has 0 heterocycles. The number of rotatable bonds is 9. The summed E-state index contributed by atoms with van der Waals surface area (Å²) in [7, 11) is -11.7. The molecule has 0 saturated carbocycles. The van der Waals surface area contributed by atoms with E-state index in [4.69, 9.17) is 24.5 Å². The third-order valence-electron chi connectivity index (χ3n) is 1.47. The van der Waals surface area contributed by atoms with Crippen LogP contribution in [0.4, 0.5) is 0 Å². The zero-order valence-corrected chi connectivity index (χ0v) is 12.0. The Morgan fingerprint density at radius 2 is 1.50 bits per heavy atom. The van der Waals surface area contributed by atoms with Gasteiger partial charge in [-0.3, -0.25) is 0 Å². The molecule has 0 radical (unpaired) electrons. The predicted octanol–water partition coefficient (Wildman–Crippen LogP) is -1.60. The van der Waals surface area contributed by atoms with Gasteiger partial charge in [0.1, 0.15) is 6.61 Å². The van der Waals surface area contributed by atoms with Crippen molar-refractivity contribution in [2.45, 2.75) is 0 Å². The molecule has 0 atom stereocenters. The summed E-state index contributed by atoms with van der Waals surface area (Å²) in [5, 5.41) is 0. The van der Waals surface area contributed by atoms with Crippen molar-refractivity contribution < 1.29 is 46.5 Å². The molecule has 5 N–H and O–H groups in total. The van der Waals surface area contributed by atoms with Crippen LogP contribution in [0.2, 0.25) is 0 Å². The van der Waals surface area contributed by atoms with E-state index in [1.54, 1.807) is 0 Å². The van der Waals surface area contributed by atoms with E-state index in [1.165, 1.54) is 7.11 Å². The second-order valence-corrected chi connectivity index (χ2v) is 8.29. The van der Waals surface area contributed by atoms with Crippen LogP contribution in [0.1, 0.15) is 0 Å². The van der Waals surface area contributed by atoms with E-state index < -0.39 is 38.5 Å².